The van der Waals surface area contributed by atoms with Crippen molar-refractivity contribution in [2.45, 2.75) is 46.6 Å². The summed E-state index contributed by atoms with van der Waals surface area (Å²) in [4.78, 5) is 28.0. The van der Waals surface area contributed by atoms with Gasteiger partial charge in [0.25, 0.3) is 5.56 Å². The molecule has 2 rings (SSSR count). The molecule has 23 heavy (non-hydrogen) atoms. The molecule has 0 aliphatic heterocycles. The maximum absolute atomic E-state index is 12.2. The Labute approximate surface area is 134 Å². The third-order valence-corrected chi connectivity index (χ3v) is 3.93. The van der Waals surface area contributed by atoms with Gasteiger partial charge in [0.05, 0.1) is 12.5 Å². The van der Waals surface area contributed by atoms with Gasteiger partial charge in [-0.2, -0.15) is 0 Å². The minimum Gasteiger partial charge on any atom is -0.393 e. The molecule has 0 aromatic carbocycles. The minimum absolute atomic E-state index is 0.0932. The van der Waals surface area contributed by atoms with Crippen LogP contribution in [-0.4, -0.2) is 38.3 Å². The van der Waals surface area contributed by atoms with Gasteiger partial charge >= 0.3 is 0 Å². The molecule has 0 saturated carbocycles. The number of nitrogens with zero attached hydrogens (tertiary/aromatic N) is 2. The molecule has 126 valence electrons. The van der Waals surface area contributed by atoms with Gasteiger partial charge in [0, 0.05) is 29.6 Å². The quantitative estimate of drug-likeness (QED) is 0.729. The molecule has 0 fully saturated rings. The lowest BCUT2D eigenvalue weighted by molar-refractivity contribution is -0.120. The molecular formula is C16H24N4O3. The average molecular weight is 320 g/mol. The van der Waals surface area contributed by atoms with Crippen LogP contribution in [0.2, 0.25) is 0 Å². The van der Waals surface area contributed by atoms with Gasteiger partial charge < -0.3 is 10.4 Å². The van der Waals surface area contributed by atoms with Crippen LogP contribution in [0.5, 0.6) is 0 Å². The Morgan fingerprint density at radius 2 is 2.13 bits per heavy atom. The molecule has 2 aromatic heterocycles. The minimum atomic E-state index is -0.372. The summed E-state index contributed by atoms with van der Waals surface area (Å²) in [5.74, 6) is 0.117. The number of carbonyl (C=O) groups is 1. The topological polar surface area (TPSA) is 99.5 Å². The molecule has 0 radical (unpaired) electrons. The van der Waals surface area contributed by atoms with Crippen LogP contribution < -0.4 is 10.9 Å². The Hall–Kier alpha value is -2.15. The lowest BCUT2D eigenvalue weighted by atomic mass is 10.0. The van der Waals surface area contributed by atoms with E-state index in [1.807, 2.05) is 20.8 Å². The zero-order valence-electron chi connectivity index (χ0n) is 14.0. The average Bonchev–Trinajstić information content (AvgIpc) is 2.81. The summed E-state index contributed by atoms with van der Waals surface area (Å²) in [5.41, 5.74) is 2.70. The molecular weight excluding hydrogens is 296 g/mol. The summed E-state index contributed by atoms with van der Waals surface area (Å²) < 4.78 is 1.61. The monoisotopic (exact) mass is 320 g/mol. The second kappa shape index (κ2) is 6.95. The number of aliphatic hydroxyl groups is 1. The molecule has 1 amide bonds. The predicted molar refractivity (Wildman–Crippen MR) is 87.5 cm³/mol. The standard InChI is InChI=1S/C16H24N4O3/c1-9(5-10(2)21)8-17-15(22)6-13-11(3)18-14-7-16(23)19-20(14)12(13)4/h7,9-10,21H,5-6,8H2,1-4H3,(H,17,22)(H,19,23). The second-order valence-electron chi connectivity index (χ2n) is 6.25. The largest absolute Gasteiger partial charge is 0.393 e. The summed E-state index contributed by atoms with van der Waals surface area (Å²) in [6, 6.07) is 1.43. The Morgan fingerprint density at radius 3 is 2.78 bits per heavy atom. The summed E-state index contributed by atoms with van der Waals surface area (Å²) >= 11 is 0. The van der Waals surface area contributed by atoms with Crippen molar-refractivity contribution in [1.82, 2.24) is 19.9 Å². The number of carbonyl (C=O) groups excluding carboxylic acids is 1. The number of hydrogen-bond acceptors (Lipinski definition) is 4. The number of aliphatic hydroxyl groups excluding tert-OH is 1. The molecule has 0 aliphatic rings. The SMILES string of the molecule is Cc1nc2cc(=O)[nH]n2c(C)c1CC(=O)NCC(C)CC(C)O. The van der Waals surface area contributed by atoms with Crippen LogP contribution in [0.4, 0.5) is 0 Å². The Morgan fingerprint density at radius 1 is 1.43 bits per heavy atom. The van der Waals surface area contributed by atoms with Gasteiger partial charge in [0.15, 0.2) is 5.65 Å². The maximum atomic E-state index is 12.2. The fourth-order valence-corrected chi connectivity index (χ4v) is 2.79. The predicted octanol–water partition coefficient (Wildman–Crippen LogP) is 0.705. The Bertz CT molecular complexity index is 761. The number of aromatic amines is 1. The van der Waals surface area contributed by atoms with Crippen molar-refractivity contribution in [2.24, 2.45) is 5.92 Å². The number of H-pyrrole nitrogens is 1. The van der Waals surface area contributed by atoms with Crippen LogP contribution in [0, 0.1) is 19.8 Å². The zero-order valence-corrected chi connectivity index (χ0v) is 14.0. The van der Waals surface area contributed by atoms with Gasteiger partial charge in [-0.15, -0.1) is 0 Å². The van der Waals surface area contributed by atoms with Gasteiger partial charge in [-0.25, -0.2) is 9.50 Å². The van der Waals surface area contributed by atoms with E-state index in [1.54, 1.807) is 11.4 Å². The highest BCUT2D eigenvalue weighted by atomic mass is 16.3. The van der Waals surface area contributed by atoms with Crippen molar-refractivity contribution < 1.29 is 9.90 Å². The normalized spacial score (nSPS) is 14.0. The molecule has 2 atom stereocenters. The molecule has 2 aromatic rings. The fourth-order valence-electron chi connectivity index (χ4n) is 2.79. The Balaban J connectivity index is 2.09. The van der Waals surface area contributed by atoms with Gasteiger partial charge in [0.2, 0.25) is 5.91 Å². The summed E-state index contributed by atoms with van der Waals surface area (Å²) in [6.07, 6.45) is 0.488. The van der Waals surface area contributed by atoms with Crippen LogP contribution in [-0.2, 0) is 11.2 Å². The van der Waals surface area contributed by atoms with E-state index in [0.717, 1.165) is 17.0 Å². The van der Waals surface area contributed by atoms with Gasteiger partial charge in [0.1, 0.15) is 0 Å². The van der Waals surface area contributed by atoms with Crippen LogP contribution in [0.3, 0.4) is 0 Å². The lowest BCUT2D eigenvalue weighted by Crippen LogP contribution is -2.31. The van der Waals surface area contributed by atoms with E-state index in [0.29, 0.717) is 18.6 Å². The van der Waals surface area contributed by atoms with E-state index >= 15 is 0 Å². The first kappa shape index (κ1) is 17.2. The fraction of sp³-hybridized carbons (Fsp3) is 0.562. The summed E-state index contributed by atoms with van der Waals surface area (Å²) in [7, 11) is 0. The number of nitrogens with one attached hydrogen (secondary N) is 2. The van der Waals surface area contributed by atoms with E-state index in [2.05, 4.69) is 15.4 Å². The van der Waals surface area contributed by atoms with E-state index < -0.39 is 0 Å². The summed E-state index contributed by atoms with van der Waals surface area (Å²) in [5, 5.41) is 14.9. The molecule has 2 unspecified atom stereocenters. The molecule has 0 saturated heterocycles. The van der Waals surface area contributed by atoms with E-state index in [4.69, 9.17) is 0 Å². The van der Waals surface area contributed by atoms with Gasteiger partial charge in [-0.05, 0) is 33.1 Å². The number of fused-ring (bicyclic) bond motifs is 1. The first-order valence-corrected chi connectivity index (χ1v) is 7.80. The first-order valence-electron chi connectivity index (χ1n) is 7.80. The van der Waals surface area contributed by atoms with Crippen molar-refractivity contribution >= 4 is 11.6 Å². The molecule has 7 nitrogen and oxygen atoms in total. The number of aryl methyl sites for hydroxylation is 2. The van der Waals surface area contributed by atoms with Gasteiger partial charge in [-0.1, -0.05) is 6.92 Å². The summed E-state index contributed by atoms with van der Waals surface area (Å²) in [6.45, 7) is 7.95. The maximum Gasteiger partial charge on any atom is 0.266 e. The number of hydrogen-bond donors (Lipinski definition) is 3. The van der Waals surface area contributed by atoms with Crippen molar-refractivity contribution in [2.75, 3.05) is 6.54 Å². The van der Waals surface area contributed by atoms with Crippen LogP contribution in [0.1, 0.15) is 37.2 Å². The molecule has 0 spiro atoms. The van der Waals surface area contributed by atoms with E-state index in [-0.39, 0.29) is 29.9 Å². The van der Waals surface area contributed by atoms with Crippen LogP contribution >= 0.6 is 0 Å². The molecule has 0 aliphatic carbocycles. The van der Waals surface area contributed by atoms with Crippen LogP contribution in [0.15, 0.2) is 10.9 Å². The van der Waals surface area contributed by atoms with E-state index in [9.17, 15) is 14.7 Å². The van der Waals surface area contributed by atoms with Crippen molar-refractivity contribution in [3.63, 3.8) is 0 Å². The lowest BCUT2D eigenvalue weighted by Gasteiger charge is -2.15. The highest BCUT2D eigenvalue weighted by Gasteiger charge is 2.15. The Kier molecular flexibility index (Phi) is 5.20. The molecule has 2 heterocycles. The van der Waals surface area contributed by atoms with Gasteiger partial charge in [-0.3, -0.25) is 14.7 Å². The van der Waals surface area contributed by atoms with Crippen molar-refractivity contribution in [3.05, 3.63) is 33.4 Å². The third kappa shape index (κ3) is 4.19. The number of amides is 1. The highest BCUT2D eigenvalue weighted by molar-refractivity contribution is 5.79. The molecule has 3 N–H and O–H groups in total. The smallest absolute Gasteiger partial charge is 0.266 e. The van der Waals surface area contributed by atoms with Crippen molar-refractivity contribution in [3.8, 4) is 0 Å². The molecule has 7 heteroatoms. The second-order valence-corrected chi connectivity index (χ2v) is 6.25. The molecule has 0 bridgehead atoms. The zero-order chi connectivity index (χ0) is 17.1. The first-order chi connectivity index (χ1) is 10.8. The third-order valence-electron chi connectivity index (χ3n) is 3.93. The van der Waals surface area contributed by atoms with Crippen molar-refractivity contribution in [1.29, 1.82) is 0 Å². The van der Waals surface area contributed by atoms with E-state index in [1.165, 1.54) is 6.07 Å². The van der Waals surface area contributed by atoms with Crippen LogP contribution in [0.25, 0.3) is 5.65 Å². The number of rotatable bonds is 6. The number of aromatic nitrogens is 3. The highest BCUT2D eigenvalue weighted by Crippen LogP contribution is 2.14.